The van der Waals surface area contributed by atoms with Crippen molar-refractivity contribution in [2.24, 2.45) is 0 Å². The second-order valence-corrected chi connectivity index (χ2v) is 9.30. The van der Waals surface area contributed by atoms with Crippen molar-refractivity contribution in [2.45, 2.75) is 31.1 Å². The Kier molecular flexibility index (Phi) is 6.05. The van der Waals surface area contributed by atoms with Crippen LogP contribution in [0.3, 0.4) is 0 Å². The summed E-state index contributed by atoms with van der Waals surface area (Å²) in [5.41, 5.74) is 2.83. The molecule has 0 spiro atoms. The average Bonchev–Trinajstić information content (AvgIpc) is 2.69. The minimum Gasteiger partial charge on any atom is -0.376 e. The van der Waals surface area contributed by atoms with Crippen molar-refractivity contribution in [3.63, 3.8) is 0 Å². The molecular formula is C21H27N3O3S. The zero-order valence-electron chi connectivity index (χ0n) is 16.6. The number of amides is 1. The van der Waals surface area contributed by atoms with Gasteiger partial charge in [-0.15, -0.1) is 0 Å². The molecule has 1 aliphatic rings. The minimum absolute atomic E-state index is 0.208. The molecule has 0 saturated carbocycles. The lowest BCUT2D eigenvalue weighted by atomic mass is 10.1. The Bertz CT molecular complexity index is 947. The molecule has 0 bridgehead atoms. The summed E-state index contributed by atoms with van der Waals surface area (Å²) in [6.07, 6.45) is 2.82. The second-order valence-electron chi connectivity index (χ2n) is 7.36. The van der Waals surface area contributed by atoms with Gasteiger partial charge in [-0.25, -0.2) is 8.42 Å². The number of carbonyl (C=O) groups excluding carboxylic acids is 1. The summed E-state index contributed by atoms with van der Waals surface area (Å²) in [5.74, 6) is -0.268. The molecule has 1 amide bonds. The Morgan fingerprint density at radius 2 is 1.64 bits per heavy atom. The van der Waals surface area contributed by atoms with E-state index in [1.807, 2.05) is 38.1 Å². The molecule has 0 aliphatic carbocycles. The molecular weight excluding hydrogens is 374 g/mol. The molecule has 1 aliphatic heterocycles. The third-order valence-electron chi connectivity index (χ3n) is 4.96. The van der Waals surface area contributed by atoms with Gasteiger partial charge in [-0.1, -0.05) is 24.1 Å². The Morgan fingerprint density at radius 3 is 2.25 bits per heavy atom. The molecule has 28 heavy (non-hydrogen) atoms. The number of hydrogen-bond donors (Lipinski definition) is 1. The van der Waals surface area contributed by atoms with Crippen molar-refractivity contribution in [3.8, 4) is 0 Å². The van der Waals surface area contributed by atoms with E-state index in [9.17, 15) is 13.2 Å². The molecule has 150 valence electrons. The fourth-order valence-electron chi connectivity index (χ4n) is 3.32. The molecule has 0 unspecified atom stereocenters. The minimum atomic E-state index is -3.57. The average molecular weight is 402 g/mol. The summed E-state index contributed by atoms with van der Waals surface area (Å²) in [4.78, 5) is 14.7. The number of carbonyl (C=O) groups is 1. The van der Waals surface area contributed by atoms with E-state index < -0.39 is 10.0 Å². The monoisotopic (exact) mass is 401 g/mol. The van der Waals surface area contributed by atoms with Crippen molar-refractivity contribution in [2.75, 3.05) is 37.4 Å². The summed E-state index contributed by atoms with van der Waals surface area (Å²) in [5, 5.41) is 2.88. The number of benzene rings is 2. The first-order valence-corrected chi connectivity index (χ1v) is 10.9. The molecule has 1 fully saturated rings. The van der Waals surface area contributed by atoms with Crippen LogP contribution in [0.1, 0.15) is 35.2 Å². The van der Waals surface area contributed by atoms with Crippen LogP contribution < -0.4 is 10.2 Å². The van der Waals surface area contributed by atoms with Gasteiger partial charge >= 0.3 is 0 Å². The number of nitrogens with one attached hydrogen (secondary N) is 1. The maximum atomic E-state index is 13.0. The summed E-state index contributed by atoms with van der Waals surface area (Å²) in [7, 11) is 0.144. The van der Waals surface area contributed by atoms with Gasteiger partial charge in [-0.2, -0.15) is 4.31 Å². The van der Waals surface area contributed by atoms with Gasteiger partial charge in [-0.05, 0) is 50.1 Å². The van der Waals surface area contributed by atoms with Crippen LogP contribution in [0.2, 0.25) is 0 Å². The van der Waals surface area contributed by atoms with Crippen molar-refractivity contribution in [3.05, 3.63) is 53.6 Å². The molecule has 2 aromatic carbocycles. The Morgan fingerprint density at radius 1 is 1.00 bits per heavy atom. The van der Waals surface area contributed by atoms with Crippen LogP contribution in [-0.2, 0) is 10.0 Å². The summed E-state index contributed by atoms with van der Waals surface area (Å²) in [6, 6.07) is 12.2. The lowest BCUT2D eigenvalue weighted by Gasteiger charge is -2.26. The Labute approximate surface area is 167 Å². The third-order valence-corrected chi connectivity index (χ3v) is 6.86. The predicted molar refractivity (Wildman–Crippen MR) is 113 cm³/mol. The molecule has 7 heteroatoms. The number of hydrogen-bond acceptors (Lipinski definition) is 4. The molecule has 1 N–H and O–H groups in total. The predicted octanol–water partition coefficient (Wildman–Crippen LogP) is 3.49. The summed E-state index contributed by atoms with van der Waals surface area (Å²) < 4.78 is 27.6. The van der Waals surface area contributed by atoms with E-state index in [0.29, 0.717) is 24.3 Å². The van der Waals surface area contributed by atoms with E-state index >= 15 is 0 Å². The van der Waals surface area contributed by atoms with Gasteiger partial charge in [0.25, 0.3) is 5.91 Å². The van der Waals surface area contributed by atoms with Gasteiger partial charge in [0.05, 0.1) is 16.3 Å². The van der Waals surface area contributed by atoms with Crippen molar-refractivity contribution in [1.29, 1.82) is 0 Å². The van der Waals surface area contributed by atoms with Crippen LogP contribution in [0.5, 0.6) is 0 Å². The number of rotatable bonds is 5. The SMILES string of the molecule is Cc1ccc(C(=O)Nc2cc(S(=O)(=O)N3CCCCC3)ccc2N(C)C)cc1. The van der Waals surface area contributed by atoms with Crippen molar-refractivity contribution < 1.29 is 13.2 Å². The standard InChI is InChI=1S/C21H27N3O3S/c1-16-7-9-17(10-8-16)21(25)22-19-15-18(11-12-20(19)23(2)3)28(26,27)24-13-5-4-6-14-24/h7-12,15H,4-6,13-14H2,1-3H3,(H,22,25). The smallest absolute Gasteiger partial charge is 0.255 e. The Balaban J connectivity index is 1.93. The molecule has 1 saturated heterocycles. The maximum Gasteiger partial charge on any atom is 0.255 e. The van der Waals surface area contributed by atoms with E-state index in [2.05, 4.69) is 5.32 Å². The maximum absolute atomic E-state index is 13.0. The highest BCUT2D eigenvalue weighted by Gasteiger charge is 2.27. The molecule has 3 rings (SSSR count). The van der Waals surface area contributed by atoms with Crippen LogP contribution in [0.15, 0.2) is 47.4 Å². The van der Waals surface area contributed by atoms with Crippen LogP contribution in [-0.4, -0.2) is 45.8 Å². The fourth-order valence-corrected chi connectivity index (χ4v) is 4.86. The molecule has 1 heterocycles. The quantitative estimate of drug-likeness (QED) is 0.833. The van der Waals surface area contributed by atoms with Crippen LogP contribution in [0, 0.1) is 6.92 Å². The van der Waals surface area contributed by atoms with Gasteiger partial charge < -0.3 is 10.2 Å². The normalized spacial score (nSPS) is 15.2. The van der Waals surface area contributed by atoms with Crippen LogP contribution >= 0.6 is 0 Å². The fraction of sp³-hybridized carbons (Fsp3) is 0.381. The zero-order valence-corrected chi connectivity index (χ0v) is 17.4. The van der Waals surface area contributed by atoms with E-state index in [1.54, 1.807) is 30.3 Å². The zero-order chi connectivity index (χ0) is 20.3. The first kappa shape index (κ1) is 20.4. The number of anilines is 2. The largest absolute Gasteiger partial charge is 0.376 e. The van der Waals surface area contributed by atoms with Gasteiger partial charge in [0, 0.05) is 32.7 Å². The van der Waals surface area contributed by atoms with E-state index in [-0.39, 0.29) is 10.8 Å². The lowest BCUT2D eigenvalue weighted by molar-refractivity contribution is 0.102. The van der Waals surface area contributed by atoms with Gasteiger partial charge in [-0.3, -0.25) is 4.79 Å². The number of sulfonamides is 1. The van der Waals surface area contributed by atoms with Crippen molar-refractivity contribution >= 4 is 27.3 Å². The van der Waals surface area contributed by atoms with Gasteiger partial charge in [0.1, 0.15) is 0 Å². The highest BCUT2D eigenvalue weighted by Crippen LogP contribution is 2.30. The second kappa shape index (κ2) is 8.32. The highest BCUT2D eigenvalue weighted by molar-refractivity contribution is 7.89. The van der Waals surface area contributed by atoms with Crippen molar-refractivity contribution in [1.82, 2.24) is 4.31 Å². The molecule has 0 radical (unpaired) electrons. The first-order chi connectivity index (χ1) is 13.3. The number of aryl methyl sites for hydroxylation is 1. The van der Waals surface area contributed by atoms with E-state index in [0.717, 1.165) is 30.5 Å². The molecule has 6 nitrogen and oxygen atoms in total. The topological polar surface area (TPSA) is 69.7 Å². The Hall–Kier alpha value is -2.38. The summed E-state index contributed by atoms with van der Waals surface area (Å²) in [6.45, 7) is 3.05. The number of nitrogens with zero attached hydrogens (tertiary/aromatic N) is 2. The van der Waals surface area contributed by atoms with E-state index in [4.69, 9.17) is 0 Å². The van der Waals surface area contributed by atoms with Crippen LogP contribution in [0.25, 0.3) is 0 Å². The molecule has 2 aromatic rings. The summed E-state index contributed by atoms with van der Waals surface area (Å²) >= 11 is 0. The number of piperidine rings is 1. The first-order valence-electron chi connectivity index (χ1n) is 9.48. The highest BCUT2D eigenvalue weighted by atomic mass is 32.2. The molecule has 0 atom stereocenters. The van der Waals surface area contributed by atoms with Crippen LogP contribution in [0.4, 0.5) is 11.4 Å². The lowest BCUT2D eigenvalue weighted by Crippen LogP contribution is -2.35. The molecule has 0 aromatic heterocycles. The van der Waals surface area contributed by atoms with Gasteiger partial charge in [0.2, 0.25) is 10.0 Å². The van der Waals surface area contributed by atoms with Gasteiger partial charge in [0.15, 0.2) is 0 Å². The third kappa shape index (κ3) is 4.36. The van der Waals surface area contributed by atoms with E-state index in [1.165, 1.54) is 4.31 Å².